The molecule has 1 aromatic heterocycles. The Labute approximate surface area is 170 Å². The van der Waals surface area contributed by atoms with Crippen LogP contribution in [0, 0.1) is 17.8 Å². The van der Waals surface area contributed by atoms with Gasteiger partial charge >= 0.3 is 0 Å². The second-order valence-corrected chi connectivity index (χ2v) is 8.68. The highest BCUT2D eigenvalue weighted by atomic mass is 35.5. The van der Waals surface area contributed by atoms with Crippen molar-refractivity contribution >= 4 is 42.5 Å². The summed E-state index contributed by atoms with van der Waals surface area (Å²) in [6, 6.07) is 4.18. The van der Waals surface area contributed by atoms with E-state index in [0.717, 1.165) is 24.6 Å². The minimum Gasteiger partial charge on any atom is -0.365 e. The van der Waals surface area contributed by atoms with Crippen molar-refractivity contribution in [3.63, 3.8) is 0 Å². The lowest BCUT2D eigenvalue weighted by atomic mass is 9.65. The van der Waals surface area contributed by atoms with E-state index in [4.69, 9.17) is 0 Å². The Bertz CT molecular complexity index is 651. The van der Waals surface area contributed by atoms with Crippen molar-refractivity contribution in [2.24, 2.45) is 17.8 Å². The van der Waals surface area contributed by atoms with E-state index in [1.54, 1.807) is 12.4 Å². The van der Waals surface area contributed by atoms with Crippen LogP contribution in [0.15, 0.2) is 36.1 Å². The second-order valence-electron chi connectivity index (χ2n) is 7.56. The van der Waals surface area contributed by atoms with Crippen molar-refractivity contribution in [3.8, 4) is 0 Å². The van der Waals surface area contributed by atoms with Gasteiger partial charge in [0.2, 0.25) is 0 Å². The predicted octanol–water partition coefficient (Wildman–Crippen LogP) is 2.34. The fourth-order valence-corrected chi connectivity index (χ4v) is 6.12. The van der Waals surface area contributed by atoms with Crippen molar-refractivity contribution in [2.75, 3.05) is 19.6 Å². The van der Waals surface area contributed by atoms with E-state index in [-0.39, 0.29) is 30.7 Å². The molecule has 1 saturated carbocycles. The Morgan fingerprint density at radius 2 is 1.88 bits per heavy atom. The number of carbonyl (C=O) groups is 1. The number of thioether (sulfide) groups is 1. The summed E-state index contributed by atoms with van der Waals surface area (Å²) < 4.78 is 0. The zero-order chi connectivity index (χ0) is 16.1. The van der Waals surface area contributed by atoms with E-state index in [9.17, 15) is 4.79 Å². The molecule has 142 valence electrons. The lowest BCUT2D eigenvalue weighted by molar-refractivity contribution is -0.129. The Morgan fingerprint density at radius 1 is 1.19 bits per heavy atom. The molecule has 4 bridgehead atoms. The first-order valence-electron chi connectivity index (χ1n) is 8.79. The lowest BCUT2D eigenvalue weighted by Gasteiger charge is -2.56. The normalized spacial score (nSPS) is 38.8. The van der Waals surface area contributed by atoms with E-state index in [1.165, 1.54) is 31.1 Å². The highest BCUT2D eigenvalue weighted by Gasteiger charge is 2.50. The number of carbonyl (C=O) groups excluding carboxylic acids is 1. The standard InChI is InChI=1S/C18H22N4OS.2ClH/c23-17(18(20-5-6-24-18)15-1-3-19-4-2-15)21-16-13-7-12-8-14(16)11-22(9-12)10-13;;/h1-6,12-14,16,20H,7-11H2,(H,21,23);2*1H. The molecule has 0 aromatic carbocycles. The summed E-state index contributed by atoms with van der Waals surface area (Å²) in [4.78, 5) is 19.2. The molecule has 4 aliphatic heterocycles. The number of nitrogens with zero attached hydrogens (tertiary/aromatic N) is 2. The molecule has 5 nitrogen and oxygen atoms in total. The fraction of sp³-hybridized carbons (Fsp3) is 0.556. The predicted molar refractivity (Wildman–Crippen MR) is 108 cm³/mol. The summed E-state index contributed by atoms with van der Waals surface area (Å²) in [5.74, 6) is 2.17. The number of aromatic nitrogens is 1. The van der Waals surface area contributed by atoms with Crippen LogP contribution in [-0.2, 0) is 9.67 Å². The quantitative estimate of drug-likeness (QED) is 0.794. The van der Waals surface area contributed by atoms with Crippen LogP contribution in [0.2, 0.25) is 0 Å². The van der Waals surface area contributed by atoms with Crippen LogP contribution in [0.1, 0.15) is 18.4 Å². The van der Waals surface area contributed by atoms with Gasteiger partial charge < -0.3 is 15.5 Å². The third-order valence-electron chi connectivity index (χ3n) is 6.09. The molecule has 3 unspecified atom stereocenters. The van der Waals surface area contributed by atoms with Gasteiger partial charge in [0.15, 0.2) is 4.87 Å². The molecule has 5 aliphatic rings. The number of hydrogen-bond donors (Lipinski definition) is 2. The zero-order valence-electron chi connectivity index (χ0n) is 14.3. The van der Waals surface area contributed by atoms with Gasteiger partial charge in [-0.25, -0.2) is 0 Å². The number of rotatable bonds is 3. The summed E-state index contributed by atoms with van der Waals surface area (Å²) >= 11 is 1.54. The van der Waals surface area contributed by atoms with Crippen molar-refractivity contribution in [2.45, 2.75) is 23.8 Å². The molecule has 1 aliphatic carbocycles. The Morgan fingerprint density at radius 3 is 2.46 bits per heavy atom. The van der Waals surface area contributed by atoms with Crippen LogP contribution >= 0.6 is 36.6 Å². The van der Waals surface area contributed by atoms with Gasteiger partial charge in [0, 0.05) is 49.8 Å². The third-order valence-corrected chi connectivity index (χ3v) is 7.26. The summed E-state index contributed by atoms with van der Waals surface area (Å²) in [6.07, 6.45) is 7.92. The van der Waals surface area contributed by atoms with Gasteiger partial charge in [0.05, 0.1) is 0 Å². The zero-order valence-corrected chi connectivity index (χ0v) is 16.8. The topological polar surface area (TPSA) is 57.3 Å². The Kier molecular flexibility index (Phi) is 5.78. The van der Waals surface area contributed by atoms with E-state index < -0.39 is 4.87 Å². The lowest BCUT2D eigenvalue weighted by Crippen LogP contribution is -2.66. The molecule has 4 fully saturated rings. The maximum absolute atomic E-state index is 13.3. The largest absolute Gasteiger partial charge is 0.365 e. The average Bonchev–Trinajstić information content (AvgIpc) is 3.09. The van der Waals surface area contributed by atoms with Crippen molar-refractivity contribution in [1.82, 2.24) is 20.5 Å². The summed E-state index contributed by atoms with van der Waals surface area (Å²) in [5.41, 5.74) is 0.956. The number of nitrogens with one attached hydrogen (secondary N) is 2. The van der Waals surface area contributed by atoms with Crippen LogP contribution in [0.3, 0.4) is 0 Å². The number of amides is 1. The average molecular weight is 415 g/mol. The molecule has 1 aromatic rings. The first kappa shape index (κ1) is 19.8. The van der Waals surface area contributed by atoms with Gasteiger partial charge in [-0.15, -0.1) is 24.8 Å². The first-order valence-corrected chi connectivity index (χ1v) is 9.67. The SMILES string of the molecule is Cl.Cl.O=C(NC1C2CC3CC1CN(C3)C2)C1(c2ccncc2)NC=CS1. The number of piperidine rings is 3. The maximum atomic E-state index is 13.3. The number of halogens is 2. The molecule has 6 rings (SSSR count). The van der Waals surface area contributed by atoms with Gasteiger partial charge in [-0.1, -0.05) is 11.8 Å². The second kappa shape index (κ2) is 7.58. The van der Waals surface area contributed by atoms with Crippen LogP contribution in [0.5, 0.6) is 0 Å². The molecule has 0 radical (unpaired) electrons. The highest BCUT2D eigenvalue weighted by molar-refractivity contribution is 8.03. The minimum absolute atomic E-state index is 0. The van der Waals surface area contributed by atoms with E-state index in [0.29, 0.717) is 17.9 Å². The first-order chi connectivity index (χ1) is 11.7. The molecular weight excluding hydrogens is 391 g/mol. The number of pyridine rings is 1. The molecule has 2 N–H and O–H groups in total. The van der Waals surface area contributed by atoms with Crippen LogP contribution in [0.25, 0.3) is 0 Å². The van der Waals surface area contributed by atoms with E-state index in [2.05, 4.69) is 20.5 Å². The van der Waals surface area contributed by atoms with Crippen molar-refractivity contribution < 1.29 is 4.79 Å². The van der Waals surface area contributed by atoms with Gasteiger partial charge in [0.25, 0.3) is 5.91 Å². The maximum Gasteiger partial charge on any atom is 0.261 e. The number of hydrogen-bond acceptors (Lipinski definition) is 5. The Balaban J connectivity index is 0.000000980. The van der Waals surface area contributed by atoms with E-state index >= 15 is 0 Å². The van der Waals surface area contributed by atoms with Crippen LogP contribution in [0.4, 0.5) is 0 Å². The molecular formula is C18H24Cl2N4OS. The Hall–Kier alpha value is -0.950. The third kappa shape index (κ3) is 3.11. The van der Waals surface area contributed by atoms with Crippen LogP contribution in [-0.4, -0.2) is 41.5 Å². The van der Waals surface area contributed by atoms with Gasteiger partial charge in [0.1, 0.15) is 0 Å². The van der Waals surface area contributed by atoms with Crippen molar-refractivity contribution in [3.05, 3.63) is 41.7 Å². The highest BCUT2D eigenvalue weighted by Crippen LogP contribution is 2.44. The molecule has 1 amide bonds. The van der Waals surface area contributed by atoms with E-state index in [1.807, 2.05) is 23.7 Å². The molecule has 3 saturated heterocycles. The smallest absolute Gasteiger partial charge is 0.261 e. The minimum atomic E-state index is -0.752. The summed E-state index contributed by atoms with van der Waals surface area (Å²) in [7, 11) is 0. The van der Waals surface area contributed by atoms with Gasteiger partial charge in [-0.05, 0) is 48.1 Å². The van der Waals surface area contributed by atoms with Crippen molar-refractivity contribution in [1.29, 1.82) is 0 Å². The summed E-state index contributed by atoms with van der Waals surface area (Å²) in [6.45, 7) is 3.58. The molecule has 0 spiro atoms. The van der Waals surface area contributed by atoms with Gasteiger partial charge in [-0.3, -0.25) is 9.78 Å². The molecule has 8 heteroatoms. The van der Waals surface area contributed by atoms with Crippen LogP contribution < -0.4 is 10.6 Å². The molecule has 3 atom stereocenters. The summed E-state index contributed by atoms with van der Waals surface area (Å²) in [5, 5.41) is 8.69. The molecule has 26 heavy (non-hydrogen) atoms. The van der Waals surface area contributed by atoms with Gasteiger partial charge in [-0.2, -0.15) is 0 Å². The molecule has 5 heterocycles. The monoisotopic (exact) mass is 414 g/mol. The fourth-order valence-electron chi connectivity index (χ4n) is 5.21.